The summed E-state index contributed by atoms with van der Waals surface area (Å²) in [5, 5.41) is 0. The minimum atomic E-state index is 0.774. The quantitative estimate of drug-likeness (QED) is 0.568. The summed E-state index contributed by atoms with van der Waals surface area (Å²) >= 11 is 0. The van der Waals surface area contributed by atoms with Crippen LogP contribution in [0.3, 0.4) is 0 Å². The topological polar surface area (TPSA) is 0 Å². The molecule has 1 aliphatic carbocycles. The first-order chi connectivity index (χ1) is 6.61. The molecule has 0 amide bonds. The van der Waals surface area contributed by atoms with E-state index < -0.39 is 0 Å². The van der Waals surface area contributed by atoms with Gasteiger partial charge in [-0.3, -0.25) is 0 Å². The highest BCUT2D eigenvalue weighted by molar-refractivity contribution is 5.22. The summed E-state index contributed by atoms with van der Waals surface area (Å²) in [4.78, 5) is 0. The molecule has 0 N–H and O–H groups in total. The average Bonchev–Trinajstić information content (AvgIpc) is 2.51. The van der Waals surface area contributed by atoms with Gasteiger partial charge in [0.2, 0.25) is 0 Å². The highest BCUT2D eigenvalue weighted by Crippen LogP contribution is 2.35. The molecule has 79 valence electrons. The second-order valence-corrected chi connectivity index (χ2v) is 4.76. The molecule has 0 heteroatoms. The lowest BCUT2D eigenvalue weighted by Gasteiger charge is -2.12. The van der Waals surface area contributed by atoms with Crippen LogP contribution in [0.4, 0.5) is 0 Å². The fraction of sp³-hybridized carbons (Fsp3) is 0.643. The van der Waals surface area contributed by atoms with Crippen LogP contribution < -0.4 is 0 Å². The third kappa shape index (κ3) is 3.32. The Hall–Kier alpha value is -0.520. The zero-order chi connectivity index (χ0) is 10.6. The van der Waals surface area contributed by atoms with E-state index in [0.29, 0.717) is 0 Å². The van der Waals surface area contributed by atoms with Crippen LogP contribution in [0.1, 0.15) is 53.4 Å². The highest BCUT2D eigenvalue weighted by Gasteiger charge is 2.20. The summed E-state index contributed by atoms with van der Waals surface area (Å²) in [5.74, 6) is 0.774. The third-order valence-electron chi connectivity index (χ3n) is 2.98. The van der Waals surface area contributed by atoms with Gasteiger partial charge in [-0.15, -0.1) is 0 Å². The van der Waals surface area contributed by atoms with Gasteiger partial charge in [-0.05, 0) is 65.7 Å². The van der Waals surface area contributed by atoms with Crippen molar-refractivity contribution in [2.45, 2.75) is 53.4 Å². The van der Waals surface area contributed by atoms with E-state index in [1.807, 2.05) is 0 Å². The van der Waals surface area contributed by atoms with Crippen molar-refractivity contribution >= 4 is 0 Å². The summed E-state index contributed by atoms with van der Waals surface area (Å²) in [6, 6.07) is 0. The Morgan fingerprint density at radius 1 is 1.36 bits per heavy atom. The monoisotopic (exact) mass is 191 g/mol. The fourth-order valence-electron chi connectivity index (χ4n) is 2.23. The first-order valence-corrected chi connectivity index (χ1v) is 5.74. The van der Waals surface area contributed by atoms with Crippen LogP contribution in [0, 0.1) is 12.3 Å². The molecule has 1 radical (unpaired) electrons. The minimum absolute atomic E-state index is 0.774. The molecule has 0 bridgehead atoms. The van der Waals surface area contributed by atoms with Crippen LogP contribution in [0.25, 0.3) is 0 Å². The standard InChI is InChI=1S/C14H23/c1-11(2)7-5-8-13-9-6-10-14(13)12(3)4/h7,9,13H,5-6,8,10H2,1-4H3/t13-/m0/s1. The molecule has 0 spiro atoms. The summed E-state index contributed by atoms with van der Waals surface area (Å²) in [7, 11) is 0. The van der Waals surface area contributed by atoms with Crippen molar-refractivity contribution in [3.63, 3.8) is 0 Å². The lowest BCUT2D eigenvalue weighted by atomic mass is 9.94. The van der Waals surface area contributed by atoms with E-state index >= 15 is 0 Å². The van der Waals surface area contributed by atoms with Crippen molar-refractivity contribution in [3.05, 3.63) is 29.2 Å². The summed E-state index contributed by atoms with van der Waals surface area (Å²) in [6.45, 7) is 8.87. The summed E-state index contributed by atoms with van der Waals surface area (Å²) in [6.07, 6.45) is 10.0. The molecule has 1 fully saturated rings. The number of allylic oxidation sites excluding steroid dienone is 4. The van der Waals surface area contributed by atoms with Crippen molar-refractivity contribution in [1.29, 1.82) is 0 Å². The molecule has 0 nitrogen and oxygen atoms in total. The van der Waals surface area contributed by atoms with Crippen LogP contribution in [-0.4, -0.2) is 0 Å². The van der Waals surface area contributed by atoms with Crippen LogP contribution in [0.2, 0.25) is 0 Å². The van der Waals surface area contributed by atoms with Gasteiger partial charge in [0.15, 0.2) is 0 Å². The van der Waals surface area contributed by atoms with Gasteiger partial charge in [0.25, 0.3) is 0 Å². The van der Waals surface area contributed by atoms with Gasteiger partial charge in [0, 0.05) is 0 Å². The molecule has 14 heavy (non-hydrogen) atoms. The molecule has 0 unspecified atom stereocenters. The van der Waals surface area contributed by atoms with Gasteiger partial charge in [0.1, 0.15) is 0 Å². The summed E-state index contributed by atoms with van der Waals surface area (Å²) in [5.41, 5.74) is 4.69. The normalized spacial score (nSPS) is 21.1. The number of hydrogen-bond acceptors (Lipinski definition) is 0. The Labute approximate surface area is 89.1 Å². The summed E-state index contributed by atoms with van der Waals surface area (Å²) < 4.78 is 0. The van der Waals surface area contributed by atoms with Crippen LogP contribution in [0.15, 0.2) is 22.8 Å². The smallest absolute Gasteiger partial charge is 0.0166 e. The Morgan fingerprint density at radius 2 is 2.07 bits per heavy atom. The van der Waals surface area contributed by atoms with E-state index in [-0.39, 0.29) is 0 Å². The Bertz CT molecular complexity index is 235. The lowest BCUT2D eigenvalue weighted by Crippen LogP contribution is -1.98. The Balaban J connectivity index is 2.45. The SMILES string of the molecule is CC(C)=CCC[C@H]1[CH]CCC1=C(C)C. The van der Waals surface area contributed by atoms with Crippen LogP contribution in [-0.2, 0) is 0 Å². The largest absolute Gasteiger partial charge is 0.0859 e. The first-order valence-electron chi connectivity index (χ1n) is 5.74. The molecule has 0 aromatic carbocycles. The molecule has 1 atom stereocenters. The van der Waals surface area contributed by atoms with Crippen LogP contribution >= 0.6 is 0 Å². The molecule has 0 aromatic rings. The van der Waals surface area contributed by atoms with E-state index in [9.17, 15) is 0 Å². The molecule has 1 saturated carbocycles. The molecule has 0 saturated heterocycles. The Morgan fingerprint density at radius 3 is 2.64 bits per heavy atom. The van der Waals surface area contributed by atoms with Gasteiger partial charge >= 0.3 is 0 Å². The predicted molar refractivity (Wildman–Crippen MR) is 64.1 cm³/mol. The second kappa shape index (κ2) is 5.38. The molecule has 1 aliphatic rings. The molecule has 1 rings (SSSR count). The average molecular weight is 191 g/mol. The second-order valence-electron chi connectivity index (χ2n) is 4.76. The van der Waals surface area contributed by atoms with Gasteiger partial charge in [0.05, 0.1) is 0 Å². The number of rotatable bonds is 3. The van der Waals surface area contributed by atoms with Crippen molar-refractivity contribution in [2.24, 2.45) is 5.92 Å². The van der Waals surface area contributed by atoms with E-state index in [4.69, 9.17) is 0 Å². The lowest BCUT2D eigenvalue weighted by molar-refractivity contribution is 0.664. The van der Waals surface area contributed by atoms with Gasteiger partial charge in [-0.1, -0.05) is 22.8 Å². The zero-order valence-corrected chi connectivity index (χ0v) is 10.1. The number of hydrogen-bond donors (Lipinski definition) is 0. The maximum absolute atomic E-state index is 2.50. The molecular formula is C14H23. The van der Waals surface area contributed by atoms with Crippen molar-refractivity contribution in [1.82, 2.24) is 0 Å². The molecule has 0 aromatic heterocycles. The van der Waals surface area contributed by atoms with Gasteiger partial charge < -0.3 is 0 Å². The van der Waals surface area contributed by atoms with Gasteiger partial charge in [-0.25, -0.2) is 0 Å². The maximum Gasteiger partial charge on any atom is -0.0166 e. The first kappa shape index (κ1) is 11.6. The zero-order valence-electron chi connectivity index (χ0n) is 10.1. The maximum atomic E-state index is 2.50. The van der Waals surface area contributed by atoms with Crippen molar-refractivity contribution < 1.29 is 0 Å². The van der Waals surface area contributed by atoms with E-state index in [2.05, 4.69) is 40.2 Å². The highest BCUT2D eigenvalue weighted by atomic mass is 14.3. The fourth-order valence-corrected chi connectivity index (χ4v) is 2.23. The third-order valence-corrected chi connectivity index (χ3v) is 2.98. The predicted octanol–water partition coefficient (Wildman–Crippen LogP) is 4.68. The van der Waals surface area contributed by atoms with Crippen molar-refractivity contribution in [3.8, 4) is 0 Å². The van der Waals surface area contributed by atoms with E-state index in [1.54, 1.807) is 11.1 Å². The van der Waals surface area contributed by atoms with E-state index in [1.165, 1.54) is 31.3 Å². The van der Waals surface area contributed by atoms with E-state index in [0.717, 1.165) is 5.92 Å². The van der Waals surface area contributed by atoms with Crippen molar-refractivity contribution in [2.75, 3.05) is 0 Å². The molecule has 0 heterocycles. The Kier molecular flexibility index (Phi) is 4.44. The van der Waals surface area contributed by atoms with Gasteiger partial charge in [-0.2, -0.15) is 0 Å². The minimum Gasteiger partial charge on any atom is -0.0859 e. The van der Waals surface area contributed by atoms with Crippen LogP contribution in [0.5, 0.6) is 0 Å². The molecule has 0 aliphatic heterocycles. The molecular weight excluding hydrogens is 168 g/mol.